The Morgan fingerprint density at radius 1 is 1.47 bits per heavy atom. The van der Waals surface area contributed by atoms with E-state index in [2.05, 4.69) is 9.71 Å². The van der Waals surface area contributed by atoms with Gasteiger partial charge in [0.2, 0.25) is 10.0 Å². The van der Waals surface area contributed by atoms with Crippen molar-refractivity contribution in [3.05, 3.63) is 24.0 Å². The minimum Gasteiger partial charge on any atom is -0.392 e. The Hall–Kier alpha value is -1.49. The van der Waals surface area contributed by atoms with Gasteiger partial charge in [0.1, 0.15) is 16.7 Å². The zero-order valence-electron chi connectivity index (χ0n) is 10.9. The lowest BCUT2D eigenvalue weighted by atomic mass is 10.1. The van der Waals surface area contributed by atoms with E-state index in [9.17, 15) is 13.5 Å². The summed E-state index contributed by atoms with van der Waals surface area (Å²) in [5.74, 6) is 0.288. The van der Waals surface area contributed by atoms with Crippen molar-refractivity contribution in [2.75, 3.05) is 6.54 Å². The van der Waals surface area contributed by atoms with E-state index in [0.29, 0.717) is 6.42 Å². The highest BCUT2D eigenvalue weighted by Crippen LogP contribution is 2.09. The molecule has 1 atom stereocenters. The molecule has 0 amide bonds. The molecular formula is C12H17N3O3S. The first kappa shape index (κ1) is 15.6. The predicted octanol–water partition coefficient (Wildman–Crippen LogP) is 0.639. The van der Waals surface area contributed by atoms with E-state index in [0.717, 1.165) is 6.20 Å². The molecule has 0 bridgehead atoms. The van der Waals surface area contributed by atoms with Crippen LogP contribution in [0.15, 0.2) is 23.2 Å². The Balaban J connectivity index is 2.68. The van der Waals surface area contributed by atoms with Gasteiger partial charge in [-0.05, 0) is 24.5 Å². The van der Waals surface area contributed by atoms with Crippen molar-refractivity contribution < 1.29 is 13.5 Å². The maximum absolute atomic E-state index is 11.9. The van der Waals surface area contributed by atoms with Crippen LogP contribution >= 0.6 is 0 Å². The van der Waals surface area contributed by atoms with Crippen LogP contribution in [0.2, 0.25) is 0 Å². The molecule has 7 heteroatoms. The molecule has 1 aromatic rings. The quantitative estimate of drug-likeness (QED) is 0.797. The van der Waals surface area contributed by atoms with Crippen LogP contribution in [0.1, 0.15) is 26.0 Å². The van der Waals surface area contributed by atoms with Gasteiger partial charge >= 0.3 is 0 Å². The number of aliphatic hydroxyl groups excluding tert-OH is 1. The van der Waals surface area contributed by atoms with Crippen LogP contribution < -0.4 is 4.72 Å². The Bertz CT molecular complexity index is 547. The number of hydrogen-bond donors (Lipinski definition) is 2. The lowest BCUT2D eigenvalue weighted by Crippen LogP contribution is -2.32. The first-order chi connectivity index (χ1) is 8.85. The highest BCUT2D eigenvalue weighted by atomic mass is 32.2. The normalized spacial score (nSPS) is 13.2. The first-order valence-corrected chi connectivity index (χ1v) is 7.37. The van der Waals surface area contributed by atoms with Gasteiger partial charge in [-0.3, -0.25) is 0 Å². The number of pyridine rings is 1. The molecule has 2 N–H and O–H groups in total. The van der Waals surface area contributed by atoms with E-state index in [1.165, 1.54) is 12.1 Å². The van der Waals surface area contributed by atoms with E-state index in [4.69, 9.17) is 5.26 Å². The van der Waals surface area contributed by atoms with Crippen LogP contribution in [-0.4, -0.2) is 31.2 Å². The highest BCUT2D eigenvalue weighted by molar-refractivity contribution is 7.89. The molecule has 19 heavy (non-hydrogen) atoms. The maximum Gasteiger partial charge on any atom is 0.242 e. The van der Waals surface area contributed by atoms with Crippen molar-refractivity contribution >= 4 is 10.0 Å². The summed E-state index contributed by atoms with van der Waals surface area (Å²) in [5, 5.41) is 18.2. The summed E-state index contributed by atoms with van der Waals surface area (Å²) < 4.78 is 26.1. The standard InChI is InChI=1S/C12H17N3O3S/c1-9(2)5-11(16)7-15-19(17,18)12-4-3-10(6-13)14-8-12/h3-4,8-9,11,15-16H,5,7H2,1-2H3. The number of aromatic nitrogens is 1. The fourth-order valence-corrected chi connectivity index (χ4v) is 2.54. The minimum absolute atomic E-state index is 0.0248. The molecule has 0 saturated carbocycles. The molecule has 0 aliphatic heterocycles. The maximum atomic E-state index is 11.9. The molecule has 0 radical (unpaired) electrons. The topological polar surface area (TPSA) is 103 Å². The van der Waals surface area contributed by atoms with E-state index in [1.54, 1.807) is 0 Å². The molecule has 1 rings (SSSR count). The molecule has 1 heterocycles. The van der Waals surface area contributed by atoms with Crippen LogP contribution in [0.4, 0.5) is 0 Å². The van der Waals surface area contributed by atoms with Gasteiger partial charge in [0.15, 0.2) is 0 Å². The van der Waals surface area contributed by atoms with E-state index < -0.39 is 16.1 Å². The summed E-state index contributed by atoms with van der Waals surface area (Å²) in [7, 11) is -3.70. The molecular weight excluding hydrogens is 266 g/mol. The second kappa shape index (κ2) is 6.61. The van der Waals surface area contributed by atoms with Gasteiger partial charge in [-0.25, -0.2) is 18.1 Å². The molecule has 6 nitrogen and oxygen atoms in total. The lowest BCUT2D eigenvalue weighted by molar-refractivity contribution is 0.152. The van der Waals surface area contributed by atoms with Gasteiger partial charge in [0.25, 0.3) is 0 Å². The summed E-state index contributed by atoms with van der Waals surface area (Å²) >= 11 is 0. The fourth-order valence-electron chi connectivity index (χ4n) is 1.52. The highest BCUT2D eigenvalue weighted by Gasteiger charge is 2.16. The Morgan fingerprint density at radius 3 is 2.63 bits per heavy atom. The Morgan fingerprint density at radius 2 is 2.16 bits per heavy atom. The van der Waals surface area contributed by atoms with Crippen molar-refractivity contribution in [3.8, 4) is 6.07 Å². The van der Waals surface area contributed by atoms with Gasteiger partial charge in [-0.2, -0.15) is 5.26 Å². The summed E-state index contributed by atoms with van der Waals surface area (Å²) in [6, 6.07) is 4.45. The lowest BCUT2D eigenvalue weighted by Gasteiger charge is -2.13. The SMILES string of the molecule is CC(C)CC(O)CNS(=O)(=O)c1ccc(C#N)nc1. The molecule has 1 aromatic heterocycles. The van der Waals surface area contributed by atoms with E-state index in [1.807, 2.05) is 19.9 Å². The van der Waals surface area contributed by atoms with Crippen molar-refractivity contribution in [1.82, 2.24) is 9.71 Å². The van der Waals surface area contributed by atoms with Crippen LogP contribution in [0.5, 0.6) is 0 Å². The third kappa shape index (κ3) is 4.95. The number of nitriles is 1. The van der Waals surface area contributed by atoms with Crippen molar-refractivity contribution in [2.24, 2.45) is 5.92 Å². The van der Waals surface area contributed by atoms with Gasteiger partial charge in [0, 0.05) is 12.7 Å². The number of hydrogen-bond acceptors (Lipinski definition) is 5. The van der Waals surface area contributed by atoms with Crippen molar-refractivity contribution in [3.63, 3.8) is 0 Å². The third-order valence-electron chi connectivity index (χ3n) is 2.41. The van der Waals surface area contributed by atoms with Crippen LogP contribution in [0.3, 0.4) is 0 Å². The number of nitrogens with one attached hydrogen (secondary N) is 1. The van der Waals surface area contributed by atoms with Crippen LogP contribution in [0, 0.1) is 17.2 Å². The zero-order chi connectivity index (χ0) is 14.5. The molecule has 1 unspecified atom stereocenters. The summed E-state index contributed by atoms with van der Waals surface area (Å²) in [4.78, 5) is 3.67. The molecule has 0 saturated heterocycles. The van der Waals surface area contributed by atoms with Gasteiger partial charge in [-0.15, -0.1) is 0 Å². The molecule has 0 fully saturated rings. The number of sulfonamides is 1. The largest absolute Gasteiger partial charge is 0.392 e. The summed E-state index contributed by atoms with van der Waals surface area (Å²) in [6.45, 7) is 3.85. The van der Waals surface area contributed by atoms with Gasteiger partial charge < -0.3 is 5.11 Å². The third-order valence-corrected chi connectivity index (χ3v) is 3.82. The molecule has 104 valence electrons. The van der Waals surface area contributed by atoms with E-state index >= 15 is 0 Å². The average Bonchev–Trinajstić information content (AvgIpc) is 2.36. The molecule has 0 spiro atoms. The van der Waals surface area contributed by atoms with Crippen molar-refractivity contribution in [2.45, 2.75) is 31.3 Å². The molecule has 0 aliphatic carbocycles. The van der Waals surface area contributed by atoms with Crippen LogP contribution in [0.25, 0.3) is 0 Å². The number of rotatable bonds is 6. The average molecular weight is 283 g/mol. The minimum atomic E-state index is -3.70. The monoisotopic (exact) mass is 283 g/mol. The Kier molecular flexibility index (Phi) is 5.42. The second-order valence-electron chi connectivity index (χ2n) is 4.63. The summed E-state index contributed by atoms with van der Waals surface area (Å²) in [6.07, 6.45) is 0.922. The van der Waals surface area contributed by atoms with Crippen LogP contribution in [-0.2, 0) is 10.0 Å². The molecule has 0 aliphatic rings. The smallest absolute Gasteiger partial charge is 0.242 e. The van der Waals surface area contributed by atoms with E-state index in [-0.39, 0.29) is 23.1 Å². The summed E-state index contributed by atoms with van der Waals surface area (Å²) in [5.41, 5.74) is 0.152. The molecule has 0 aromatic carbocycles. The van der Waals surface area contributed by atoms with Gasteiger partial charge in [0.05, 0.1) is 6.10 Å². The number of nitrogens with zero attached hydrogens (tertiary/aromatic N) is 2. The Labute approximate surface area is 113 Å². The second-order valence-corrected chi connectivity index (χ2v) is 6.39. The predicted molar refractivity (Wildman–Crippen MR) is 69.6 cm³/mol. The zero-order valence-corrected chi connectivity index (χ0v) is 11.7. The first-order valence-electron chi connectivity index (χ1n) is 5.89. The fraction of sp³-hybridized carbons (Fsp3) is 0.500. The number of aliphatic hydroxyl groups is 1. The van der Waals surface area contributed by atoms with Gasteiger partial charge in [-0.1, -0.05) is 13.8 Å². The van der Waals surface area contributed by atoms with Crippen molar-refractivity contribution in [1.29, 1.82) is 5.26 Å².